The summed E-state index contributed by atoms with van der Waals surface area (Å²) in [7, 11) is 0. The van der Waals surface area contributed by atoms with E-state index in [9.17, 15) is 0 Å². The first-order valence-electron chi connectivity index (χ1n) is 5.72. The predicted octanol–water partition coefficient (Wildman–Crippen LogP) is 3.37. The molecule has 2 atom stereocenters. The molecule has 0 spiro atoms. The molecule has 16 heavy (non-hydrogen) atoms. The molecule has 1 fully saturated rings. The van der Waals surface area contributed by atoms with Crippen LogP contribution in [0.1, 0.15) is 19.4 Å². The minimum absolute atomic E-state index is 0.432. The molecule has 1 saturated heterocycles. The fourth-order valence-corrected chi connectivity index (χ4v) is 2.75. The first-order chi connectivity index (χ1) is 7.59. The normalized spacial score (nSPS) is 25.9. The van der Waals surface area contributed by atoms with Gasteiger partial charge in [-0.3, -0.25) is 0 Å². The summed E-state index contributed by atoms with van der Waals surface area (Å²) < 4.78 is 6.72. The Morgan fingerprint density at radius 1 is 1.25 bits per heavy atom. The Kier molecular flexibility index (Phi) is 3.55. The van der Waals surface area contributed by atoms with Gasteiger partial charge in [0, 0.05) is 16.6 Å². The monoisotopic (exact) mass is 283 g/mol. The molecule has 2 rings (SSSR count). The van der Waals surface area contributed by atoms with Crippen molar-refractivity contribution in [2.45, 2.75) is 32.9 Å². The Morgan fingerprint density at radius 3 is 2.50 bits per heavy atom. The maximum absolute atomic E-state index is 5.56. The molecule has 88 valence electrons. The molecular weight excluding hydrogens is 266 g/mol. The highest BCUT2D eigenvalue weighted by atomic mass is 79.9. The van der Waals surface area contributed by atoms with Gasteiger partial charge in [0.1, 0.15) is 0 Å². The number of nitrogens with zero attached hydrogens (tertiary/aromatic N) is 1. The standard InChI is InChI=1S/C13H18BrNO/c1-9-4-5-12(14)13(6-9)15-10(2)7-16-8-11(15)3/h4-6,10-11H,7-8H2,1-3H3/t10-,11-/m0/s1. The number of halogens is 1. The molecule has 1 aromatic carbocycles. The number of rotatable bonds is 1. The van der Waals surface area contributed by atoms with Gasteiger partial charge in [-0.05, 0) is 54.4 Å². The number of hydrogen-bond donors (Lipinski definition) is 0. The molecule has 0 amide bonds. The maximum atomic E-state index is 5.56. The van der Waals surface area contributed by atoms with E-state index >= 15 is 0 Å². The van der Waals surface area contributed by atoms with Crippen LogP contribution < -0.4 is 4.90 Å². The quantitative estimate of drug-likeness (QED) is 0.784. The van der Waals surface area contributed by atoms with E-state index in [4.69, 9.17) is 4.74 Å². The topological polar surface area (TPSA) is 12.5 Å². The highest BCUT2D eigenvalue weighted by molar-refractivity contribution is 9.10. The van der Waals surface area contributed by atoms with Crippen LogP contribution in [0.4, 0.5) is 5.69 Å². The number of ether oxygens (including phenoxy) is 1. The molecule has 0 bridgehead atoms. The molecule has 0 aliphatic carbocycles. The second-order valence-corrected chi connectivity index (χ2v) is 5.45. The van der Waals surface area contributed by atoms with Crippen molar-refractivity contribution in [3.05, 3.63) is 28.2 Å². The van der Waals surface area contributed by atoms with Gasteiger partial charge in [0.25, 0.3) is 0 Å². The first kappa shape index (κ1) is 11.9. The van der Waals surface area contributed by atoms with Gasteiger partial charge in [0.05, 0.1) is 18.9 Å². The number of morpholine rings is 1. The Morgan fingerprint density at radius 2 is 1.88 bits per heavy atom. The van der Waals surface area contributed by atoms with Crippen LogP contribution >= 0.6 is 15.9 Å². The van der Waals surface area contributed by atoms with Crippen LogP contribution in [-0.2, 0) is 4.74 Å². The molecule has 0 saturated carbocycles. The first-order valence-corrected chi connectivity index (χ1v) is 6.51. The zero-order valence-corrected chi connectivity index (χ0v) is 11.6. The third kappa shape index (κ3) is 2.25. The fraction of sp³-hybridized carbons (Fsp3) is 0.538. The molecule has 3 heteroatoms. The van der Waals surface area contributed by atoms with Crippen LogP contribution in [0.2, 0.25) is 0 Å². The van der Waals surface area contributed by atoms with Crippen LogP contribution in [0.3, 0.4) is 0 Å². The zero-order valence-electron chi connectivity index (χ0n) is 10.0. The van der Waals surface area contributed by atoms with Crippen molar-refractivity contribution in [1.29, 1.82) is 0 Å². The predicted molar refractivity (Wildman–Crippen MR) is 71.1 cm³/mol. The molecule has 1 heterocycles. The van der Waals surface area contributed by atoms with E-state index in [1.54, 1.807) is 0 Å². The third-order valence-electron chi connectivity index (χ3n) is 3.05. The van der Waals surface area contributed by atoms with Crippen LogP contribution in [0.25, 0.3) is 0 Å². The van der Waals surface area contributed by atoms with E-state index < -0.39 is 0 Å². The molecule has 0 radical (unpaired) electrons. The summed E-state index contributed by atoms with van der Waals surface area (Å²) in [6.45, 7) is 8.18. The highest BCUT2D eigenvalue weighted by Gasteiger charge is 2.26. The van der Waals surface area contributed by atoms with Gasteiger partial charge in [-0.15, -0.1) is 0 Å². The lowest BCUT2D eigenvalue weighted by molar-refractivity contribution is 0.0756. The maximum Gasteiger partial charge on any atom is 0.0668 e. The van der Waals surface area contributed by atoms with Crippen LogP contribution in [-0.4, -0.2) is 25.3 Å². The summed E-state index contributed by atoms with van der Waals surface area (Å²) in [6, 6.07) is 7.36. The lowest BCUT2D eigenvalue weighted by Crippen LogP contribution is -2.49. The second-order valence-electron chi connectivity index (χ2n) is 4.60. The largest absolute Gasteiger partial charge is 0.377 e. The van der Waals surface area contributed by atoms with Gasteiger partial charge in [0.2, 0.25) is 0 Å². The molecule has 1 aliphatic rings. The minimum atomic E-state index is 0.432. The Bertz CT molecular complexity index is 370. The molecule has 0 unspecified atom stereocenters. The van der Waals surface area contributed by atoms with Gasteiger partial charge < -0.3 is 9.64 Å². The molecule has 2 nitrogen and oxygen atoms in total. The summed E-state index contributed by atoms with van der Waals surface area (Å²) >= 11 is 3.64. The number of hydrogen-bond acceptors (Lipinski definition) is 2. The SMILES string of the molecule is Cc1ccc(Br)c(N2[C@@H](C)COC[C@@H]2C)c1. The summed E-state index contributed by atoms with van der Waals surface area (Å²) in [5.74, 6) is 0. The average molecular weight is 284 g/mol. The number of aryl methyl sites for hydroxylation is 1. The fourth-order valence-electron chi connectivity index (χ4n) is 2.30. The second kappa shape index (κ2) is 4.76. The Hall–Kier alpha value is -0.540. The summed E-state index contributed by atoms with van der Waals surface area (Å²) in [5.41, 5.74) is 2.58. The molecule has 0 aromatic heterocycles. The van der Waals surface area contributed by atoms with Crippen LogP contribution in [0, 0.1) is 6.92 Å². The van der Waals surface area contributed by atoms with E-state index in [0.29, 0.717) is 12.1 Å². The highest BCUT2D eigenvalue weighted by Crippen LogP contribution is 2.31. The van der Waals surface area contributed by atoms with E-state index in [0.717, 1.165) is 13.2 Å². The zero-order chi connectivity index (χ0) is 11.7. The Labute approximate surface area is 106 Å². The molecule has 0 N–H and O–H groups in total. The van der Waals surface area contributed by atoms with Gasteiger partial charge >= 0.3 is 0 Å². The molecule has 1 aromatic rings. The van der Waals surface area contributed by atoms with Crippen molar-refractivity contribution < 1.29 is 4.74 Å². The average Bonchev–Trinajstić information content (AvgIpc) is 2.23. The van der Waals surface area contributed by atoms with Gasteiger partial charge in [-0.25, -0.2) is 0 Å². The van der Waals surface area contributed by atoms with Gasteiger partial charge in [-0.2, -0.15) is 0 Å². The van der Waals surface area contributed by atoms with E-state index in [1.807, 2.05) is 0 Å². The Balaban J connectivity index is 2.37. The van der Waals surface area contributed by atoms with Crippen LogP contribution in [0.15, 0.2) is 22.7 Å². The smallest absolute Gasteiger partial charge is 0.0668 e. The van der Waals surface area contributed by atoms with E-state index in [2.05, 4.69) is 59.8 Å². The van der Waals surface area contributed by atoms with E-state index in [1.165, 1.54) is 15.7 Å². The summed E-state index contributed by atoms with van der Waals surface area (Å²) in [5, 5.41) is 0. The molecule has 1 aliphatic heterocycles. The van der Waals surface area contributed by atoms with Crippen molar-refractivity contribution in [2.24, 2.45) is 0 Å². The lowest BCUT2D eigenvalue weighted by atomic mass is 10.1. The van der Waals surface area contributed by atoms with Crippen LogP contribution in [0.5, 0.6) is 0 Å². The lowest BCUT2D eigenvalue weighted by Gasteiger charge is -2.41. The van der Waals surface area contributed by atoms with E-state index in [-0.39, 0.29) is 0 Å². The number of anilines is 1. The van der Waals surface area contributed by atoms with Gasteiger partial charge in [-0.1, -0.05) is 6.07 Å². The van der Waals surface area contributed by atoms with Crippen molar-refractivity contribution in [1.82, 2.24) is 0 Å². The molecular formula is C13H18BrNO. The van der Waals surface area contributed by atoms with Gasteiger partial charge in [0.15, 0.2) is 0 Å². The minimum Gasteiger partial charge on any atom is -0.377 e. The number of benzene rings is 1. The van der Waals surface area contributed by atoms with Crippen molar-refractivity contribution in [3.8, 4) is 0 Å². The van der Waals surface area contributed by atoms with Crippen molar-refractivity contribution in [2.75, 3.05) is 18.1 Å². The third-order valence-corrected chi connectivity index (χ3v) is 3.72. The van der Waals surface area contributed by atoms with Crippen molar-refractivity contribution in [3.63, 3.8) is 0 Å². The summed E-state index contributed by atoms with van der Waals surface area (Å²) in [4.78, 5) is 2.45. The van der Waals surface area contributed by atoms with Crippen molar-refractivity contribution >= 4 is 21.6 Å². The summed E-state index contributed by atoms with van der Waals surface area (Å²) in [6.07, 6.45) is 0.